The maximum Gasteiger partial charge on any atom is 0.171 e. The third-order valence-corrected chi connectivity index (χ3v) is 2.36. The Bertz CT molecular complexity index is 386. The Balaban J connectivity index is 3.19. The predicted octanol–water partition coefficient (Wildman–Crippen LogP) is 3.62. The second-order valence-corrected chi connectivity index (χ2v) is 5.01. The zero-order chi connectivity index (χ0) is 12.3. The standard InChI is InChI=1S/C14H20O2/c1-6-16-12-8-7-10(2)9-11(12)13(15)14(3,4)5/h7-9H,6H2,1-5H3. The molecule has 0 heterocycles. The highest BCUT2D eigenvalue weighted by Crippen LogP contribution is 2.28. The Morgan fingerprint density at radius 1 is 1.31 bits per heavy atom. The first-order chi connectivity index (χ1) is 7.36. The fourth-order valence-electron chi connectivity index (χ4n) is 1.51. The lowest BCUT2D eigenvalue weighted by molar-refractivity contribution is 0.0854. The molecule has 2 heteroatoms. The smallest absolute Gasteiger partial charge is 0.171 e. The van der Waals surface area contributed by atoms with Crippen molar-refractivity contribution in [2.75, 3.05) is 6.61 Å². The van der Waals surface area contributed by atoms with Gasteiger partial charge >= 0.3 is 0 Å². The highest BCUT2D eigenvalue weighted by atomic mass is 16.5. The van der Waals surface area contributed by atoms with Crippen LogP contribution in [0.4, 0.5) is 0 Å². The molecule has 0 saturated heterocycles. The minimum absolute atomic E-state index is 0.125. The van der Waals surface area contributed by atoms with Gasteiger partial charge in [-0.25, -0.2) is 0 Å². The Morgan fingerprint density at radius 3 is 2.44 bits per heavy atom. The molecule has 0 aliphatic rings. The molecule has 0 radical (unpaired) electrons. The van der Waals surface area contributed by atoms with Gasteiger partial charge in [0.1, 0.15) is 5.75 Å². The van der Waals surface area contributed by atoms with E-state index in [9.17, 15) is 4.79 Å². The third kappa shape index (κ3) is 2.84. The van der Waals surface area contributed by atoms with E-state index < -0.39 is 0 Å². The maximum atomic E-state index is 12.2. The van der Waals surface area contributed by atoms with E-state index in [1.165, 1.54) is 0 Å². The van der Waals surface area contributed by atoms with E-state index in [1.807, 2.05) is 52.8 Å². The molecule has 0 amide bonds. The van der Waals surface area contributed by atoms with Gasteiger partial charge in [0, 0.05) is 5.41 Å². The van der Waals surface area contributed by atoms with Crippen LogP contribution in [0.25, 0.3) is 0 Å². The average molecular weight is 220 g/mol. The predicted molar refractivity (Wildman–Crippen MR) is 66.1 cm³/mol. The van der Waals surface area contributed by atoms with Crippen molar-refractivity contribution in [1.82, 2.24) is 0 Å². The van der Waals surface area contributed by atoms with Crippen molar-refractivity contribution in [1.29, 1.82) is 0 Å². The SMILES string of the molecule is CCOc1ccc(C)cc1C(=O)C(C)(C)C. The fourth-order valence-corrected chi connectivity index (χ4v) is 1.51. The van der Waals surface area contributed by atoms with E-state index >= 15 is 0 Å². The Kier molecular flexibility index (Phi) is 3.74. The monoisotopic (exact) mass is 220 g/mol. The maximum absolute atomic E-state index is 12.2. The molecule has 0 aliphatic heterocycles. The van der Waals surface area contributed by atoms with Gasteiger partial charge in [-0.1, -0.05) is 32.4 Å². The highest BCUT2D eigenvalue weighted by Gasteiger charge is 2.25. The van der Waals surface area contributed by atoms with Crippen LogP contribution in [0.5, 0.6) is 5.75 Å². The molecule has 0 saturated carbocycles. The van der Waals surface area contributed by atoms with Crippen LogP contribution in [-0.4, -0.2) is 12.4 Å². The summed E-state index contributed by atoms with van der Waals surface area (Å²) in [5.74, 6) is 0.813. The summed E-state index contributed by atoms with van der Waals surface area (Å²) < 4.78 is 5.49. The molecule has 0 spiro atoms. The van der Waals surface area contributed by atoms with Crippen LogP contribution in [0.1, 0.15) is 43.6 Å². The van der Waals surface area contributed by atoms with Gasteiger partial charge < -0.3 is 4.74 Å². The van der Waals surface area contributed by atoms with Gasteiger partial charge in [0.2, 0.25) is 0 Å². The lowest BCUT2D eigenvalue weighted by Crippen LogP contribution is -2.21. The summed E-state index contributed by atoms with van der Waals surface area (Å²) in [5.41, 5.74) is 1.39. The molecule has 0 bridgehead atoms. The van der Waals surface area contributed by atoms with Crippen LogP contribution in [-0.2, 0) is 0 Å². The zero-order valence-electron chi connectivity index (χ0n) is 10.8. The number of hydrogen-bond donors (Lipinski definition) is 0. The van der Waals surface area contributed by atoms with Gasteiger partial charge in [-0.3, -0.25) is 4.79 Å². The summed E-state index contributed by atoms with van der Waals surface area (Å²) in [6.45, 7) is 10.3. The molecular formula is C14H20O2. The normalized spacial score (nSPS) is 11.3. The van der Waals surface area contributed by atoms with E-state index in [0.717, 1.165) is 5.56 Å². The molecule has 16 heavy (non-hydrogen) atoms. The minimum Gasteiger partial charge on any atom is -0.493 e. The minimum atomic E-state index is -0.375. The first-order valence-electron chi connectivity index (χ1n) is 5.64. The second-order valence-electron chi connectivity index (χ2n) is 5.01. The van der Waals surface area contributed by atoms with Gasteiger partial charge in [0.05, 0.1) is 12.2 Å². The van der Waals surface area contributed by atoms with Crippen LogP contribution in [0, 0.1) is 12.3 Å². The molecule has 0 atom stereocenters. The summed E-state index contributed by atoms with van der Waals surface area (Å²) in [7, 11) is 0. The summed E-state index contributed by atoms with van der Waals surface area (Å²) in [6, 6.07) is 5.74. The molecule has 0 N–H and O–H groups in total. The third-order valence-electron chi connectivity index (χ3n) is 2.36. The van der Waals surface area contributed by atoms with Crippen molar-refractivity contribution in [2.24, 2.45) is 5.41 Å². The summed E-state index contributed by atoms with van der Waals surface area (Å²) >= 11 is 0. The quantitative estimate of drug-likeness (QED) is 0.727. The van der Waals surface area contributed by atoms with Crippen LogP contribution in [0.3, 0.4) is 0 Å². The van der Waals surface area contributed by atoms with Gasteiger partial charge in [0.15, 0.2) is 5.78 Å². The molecule has 1 aromatic rings. The van der Waals surface area contributed by atoms with E-state index in [-0.39, 0.29) is 11.2 Å². The van der Waals surface area contributed by atoms with Gasteiger partial charge in [0.25, 0.3) is 0 Å². The van der Waals surface area contributed by atoms with Crippen LogP contribution < -0.4 is 4.74 Å². The Morgan fingerprint density at radius 2 is 1.94 bits per heavy atom. The number of benzene rings is 1. The summed E-state index contributed by atoms with van der Waals surface area (Å²) in [6.07, 6.45) is 0. The number of hydrogen-bond acceptors (Lipinski definition) is 2. The number of ether oxygens (including phenoxy) is 1. The van der Waals surface area contributed by atoms with E-state index in [0.29, 0.717) is 17.9 Å². The first-order valence-corrected chi connectivity index (χ1v) is 5.64. The Labute approximate surface area is 97.6 Å². The van der Waals surface area contributed by atoms with Gasteiger partial charge in [-0.15, -0.1) is 0 Å². The van der Waals surface area contributed by atoms with Crippen molar-refractivity contribution in [3.63, 3.8) is 0 Å². The average Bonchev–Trinajstić information content (AvgIpc) is 2.18. The number of rotatable bonds is 3. The molecule has 0 unspecified atom stereocenters. The second kappa shape index (κ2) is 4.69. The van der Waals surface area contributed by atoms with Crippen molar-refractivity contribution < 1.29 is 9.53 Å². The lowest BCUT2D eigenvalue weighted by atomic mass is 9.86. The first kappa shape index (κ1) is 12.8. The van der Waals surface area contributed by atoms with Gasteiger partial charge in [-0.05, 0) is 26.0 Å². The molecule has 1 rings (SSSR count). The molecule has 88 valence electrons. The van der Waals surface area contributed by atoms with E-state index in [4.69, 9.17) is 4.74 Å². The summed E-state index contributed by atoms with van der Waals surface area (Å²) in [5, 5.41) is 0. The van der Waals surface area contributed by atoms with E-state index in [1.54, 1.807) is 0 Å². The molecule has 1 aromatic carbocycles. The van der Waals surface area contributed by atoms with E-state index in [2.05, 4.69) is 0 Å². The Hall–Kier alpha value is -1.31. The molecule has 0 aromatic heterocycles. The topological polar surface area (TPSA) is 26.3 Å². The number of carbonyl (C=O) groups excluding carboxylic acids is 1. The number of Topliss-reactive ketones (excluding diaryl/α,β-unsaturated/α-hetero) is 1. The molecule has 0 fully saturated rings. The van der Waals surface area contributed by atoms with Crippen molar-refractivity contribution in [3.05, 3.63) is 29.3 Å². The van der Waals surface area contributed by atoms with Crippen molar-refractivity contribution >= 4 is 5.78 Å². The molecular weight excluding hydrogens is 200 g/mol. The molecule has 2 nitrogen and oxygen atoms in total. The largest absolute Gasteiger partial charge is 0.493 e. The number of ketones is 1. The van der Waals surface area contributed by atoms with Gasteiger partial charge in [-0.2, -0.15) is 0 Å². The highest BCUT2D eigenvalue weighted by molar-refractivity contribution is 6.02. The fraction of sp³-hybridized carbons (Fsp3) is 0.500. The van der Waals surface area contributed by atoms with Crippen LogP contribution in [0.2, 0.25) is 0 Å². The number of carbonyl (C=O) groups is 1. The van der Waals surface area contributed by atoms with Crippen molar-refractivity contribution in [2.45, 2.75) is 34.6 Å². The summed E-state index contributed by atoms with van der Waals surface area (Å²) in [4.78, 5) is 12.2. The zero-order valence-corrected chi connectivity index (χ0v) is 10.8. The van der Waals surface area contributed by atoms with Crippen LogP contribution in [0.15, 0.2) is 18.2 Å². The van der Waals surface area contributed by atoms with Crippen LogP contribution >= 0.6 is 0 Å². The lowest BCUT2D eigenvalue weighted by Gasteiger charge is -2.19. The van der Waals surface area contributed by atoms with Crippen molar-refractivity contribution in [3.8, 4) is 5.75 Å². The molecule has 0 aliphatic carbocycles. The number of aryl methyl sites for hydroxylation is 1.